The summed E-state index contributed by atoms with van der Waals surface area (Å²) in [5.74, 6) is -3.48. The second-order valence-electron chi connectivity index (χ2n) is 3.15. The van der Waals surface area contributed by atoms with E-state index in [4.69, 9.17) is 5.11 Å². The molecule has 0 unspecified atom stereocenters. The Bertz CT molecular complexity index is 276. The Morgan fingerprint density at radius 1 is 1.43 bits per heavy atom. The first-order valence-electron chi connectivity index (χ1n) is 3.87. The van der Waals surface area contributed by atoms with Gasteiger partial charge in [-0.15, -0.1) is 0 Å². The van der Waals surface area contributed by atoms with Crippen molar-refractivity contribution in [3.63, 3.8) is 0 Å². The number of hydrogen-bond donors (Lipinski definition) is 1. The Labute approximate surface area is 77.3 Å². The van der Waals surface area contributed by atoms with Crippen molar-refractivity contribution in [2.45, 2.75) is 31.6 Å². The minimum atomic E-state index is -5.00. The molecule has 80 valence electrons. The number of alkyl halides is 3. The molecule has 4 nitrogen and oxygen atoms in total. The molecule has 0 bridgehead atoms. The Morgan fingerprint density at radius 3 is 2.21 bits per heavy atom. The number of carboxylic acids is 1. The number of halogens is 3. The van der Waals surface area contributed by atoms with Crippen LogP contribution in [0.1, 0.15) is 13.3 Å². The van der Waals surface area contributed by atoms with E-state index >= 15 is 0 Å². The molecular formula is C7H8F3NO3. The number of rotatable bonds is 1. The largest absolute Gasteiger partial charge is 0.480 e. The summed E-state index contributed by atoms with van der Waals surface area (Å²) < 4.78 is 35.8. The molecule has 1 amide bonds. The average Bonchev–Trinajstić information content (AvgIpc) is 1.97. The zero-order valence-corrected chi connectivity index (χ0v) is 7.21. The lowest BCUT2D eigenvalue weighted by Gasteiger charge is -2.44. The minimum absolute atomic E-state index is 0.0666. The first-order valence-corrected chi connectivity index (χ1v) is 3.87. The van der Waals surface area contributed by atoms with Crippen molar-refractivity contribution in [1.82, 2.24) is 4.90 Å². The zero-order valence-electron chi connectivity index (χ0n) is 7.21. The van der Waals surface area contributed by atoms with Gasteiger partial charge >= 0.3 is 18.1 Å². The van der Waals surface area contributed by atoms with Crippen molar-refractivity contribution in [3.05, 3.63) is 0 Å². The van der Waals surface area contributed by atoms with E-state index in [-0.39, 0.29) is 6.42 Å². The van der Waals surface area contributed by atoms with Gasteiger partial charge in [0.1, 0.15) is 6.04 Å². The molecule has 0 radical (unpaired) electrons. The summed E-state index contributed by atoms with van der Waals surface area (Å²) in [5, 5.41) is 8.47. The van der Waals surface area contributed by atoms with Crippen molar-refractivity contribution in [2.24, 2.45) is 0 Å². The van der Waals surface area contributed by atoms with Crippen LogP contribution in [-0.2, 0) is 9.59 Å². The van der Waals surface area contributed by atoms with Crippen molar-refractivity contribution >= 4 is 11.9 Å². The van der Waals surface area contributed by atoms with E-state index < -0.39 is 30.1 Å². The van der Waals surface area contributed by atoms with E-state index in [0.717, 1.165) is 0 Å². The minimum Gasteiger partial charge on any atom is -0.480 e. The van der Waals surface area contributed by atoms with Gasteiger partial charge < -0.3 is 10.0 Å². The standard InChI is InChI=1S/C7H8F3NO3/c1-3-2-4(5(12)13)11(3)6(14)7(8,9)10/h3-4H,2H2,1H3,(H,12,13)/t3-,4+/m1/s1. The molecule has 1 rings (SSSR count). The number of hydrogen-bond acceptors (Lipinski definition) is 2. The van der Waals surface area contributed by atoms with Gasteiger partial charge in [0, 0.05) is 6.04 Å². The second kappa shape index (κ2) is 3.14. The van der Waals surface area contributed by atoms with Crippen molar-refractivity contribution in [1.29, 1.82) is 0 Å². The van der Waals surface area contributed by atoms with Crippen molar-refractivity contribution < 1.29 is 27.9 Å². The van der Waals surface area contributed by atoms with Crippen molar-refractivity contribution in [3.8, 4) is 0 Å². The molecule has 0 aromatic rings. The summed E-state index contributed by atoms with van der Waals surface area (Å²) in [6.07, 6.45) is -4.93. The van der Waals surface area contributed by atoms with E-state index in [9.17, 15) is 22.8 Å². The molecule has 14 heavy (non-hydrogen) atoms. The predicted octanol–water partition coefficient (Wildman–Crippen LogP) is 0.623. The molecule has 1 heterocycles. The van der Waals surface area contributed by atoms with Crippen LogP contribution in [0.5, 0.6) is 0 Å². The van der Waals surface area contributed by atoms with Gasteiger partial charge in [-0.05, 0) is 13.3 Å². The fourth-order valence-corrected chi connectivity index (χ4v) is 1.43. The smallest absolute Gasteiger partial charge is 0.471 e. The maximum Gasteiger partial charge on any atom is 0.471 e. The van der Waals surface area contributed by atoms with Gasteiger partial charge in [0.15, 0.2) is 0 Å². The van der Waals surface area contributed by atoms with E-state index in [1.54, 1.807) is 0 Å². The van der Waals surface area contributed by atoms with Crippen molar-refractivity contribution in [2.75, 3.05) is 0 Å². The first-order chi connectivity index (χ1) is 6.25. The maximum atomic E-state index is 11.9. The topological polar surface area (TPSA) is 57.6 Å². The Kier molecular flexibility index (Phi) is 2.43. The molecule has 1 aliphatic rings. The highest BCUT2D eigenvalue weighted by Crippen LogP contribution is 2.31. The highest BCUT2D eigenvalue weighted by Gasteiger charge is 2.52. The fraction of sp³-hybridized carbons (Fsp3) is 0.714. The number of carbonyl (C=O) groups excluding carboxylic acids is 1. The third kappa shape index (κ3) is 1.66. The fourth-order valence-electron chi connectivity index (χ4n) is 1.43. The van der Waals surface area contributed by atoms with Gasteiger partial charge in [0.05, 0.1) is 0 Å². The summed E-state index contributed by atoms with van der Waals surface area (Å²) in [5.41, 5.74) is 0. The van der Waals surface area contributed by atoms with Crippen LogP contribution in [0.25, 0.3) is 0 Å². The zero-order chi connectivity index (χ0) is 11.1. The van der Waals surface area contributed by atoms with E-state index in [1.807, 2.05) is 0 Å². The third-order valence-electron chi connectivity index (χ3n) is 2.14. The van der Waals surface area contributed by atoms with Crippen LogP contribution in [-0.4, -0.2) is 40.1 Å². The molecule has 1 N–H and O–H groups in total. The average molecular weight is 211 g/mol. The summed E-state index contributed by atoms with van der Waals surface area (Å²) in [6.45, 7) is 1.38. The summed E-state index contributed by atoms with van der Waals surface area (Å²) in [4.78, 5) is 21.5. The highest BCUT2D eigenvalue weighted by atomic mass is 19.4. The van der Waals surface area contributed by atoms with Gasteiger partial charge in [-0.1, -0.05) is 0 Å². The van der Waals surface area contributed by atoms with E-state index in [1.165, 1.54) is 6.92 Å². The molecule has 0 aromatic carbocycles. The van der Waals surface area contributed by atoms with Gasteiger partial charge in [-0.25, -0.2) is 4.79 Å². The molecule has 7 heteroatoms. The number of carboxylic acid groups (broad SMARTS) is 1. The molecule has 0 saturated carbocycles. The number of nitrogens with zero attached hydrogens (tertiary/aromatic N) is 1. The van der Waals surface area contributed by atoms with Crippen LogP contribution in [0.15, 0.2) is 0 Å². The lowest BCUT2D eigenvalue weighted by Crippen LogP contribution is -2.63. The maximum absolute atomic E-state index is 11.9. The lowest BCUT2D eigenvalue weighted by molar-refractivity contribution is -0.200. The number of aliphatic carboxylic acids is 1. The third-order valence-corrected chi connectivity index (χ3v) is 2.14. The molecule has 1 fully saturated rings. The van der Waals surface area contributed by atoms with Crippen LogP contribution in [0.4, 0.5) is 13.2 Å². The van der Waals surface area contributed by atoms with Gasteiger partial charge in [0.2, 0.25) is 0 Å². The SMILES string of the molecule is C[C@@H]1C[C@@H](C(=O)O)N1C(=O)C(F)(F)F. The molecule has 2 atom stereocenters. The summed E-state index contributed by atoms with van der Waals surface area (Å²) >= 11 is 0. The molecule has 1 saturated heterocycles. The molecule has 0 aromatic heterocycles. The van der Waals surface area contributed by atoms with Gasteiger partial charge in [0.25, 0.3) is 0 Å². The molecule has 0 aliphatic carbocycles. The Hall–Kier alpha value is -1.27. The highest BCUT2D eigenvalue weighted by molar-refractivity contribution is 5.89. The summed E-state index contributed by atoms with van der Waals surface area (Å²) in [6, 6.07) is -2.00. The van der Waals surface area contributed by atoms with E-state index in [0.29, 0.717) is 4.90 Å². The molecule has 0 spiro atoms. The predicted molar refractivity (Wildman–Crippen MR) is 38.4 cm³/mol. The number of likely N-dealkylation sites (tertiary alicyclic amines) is 1. The van der Waals surface area contributed by atoms with Gasteiger partial charge in [-0.3, -0.25) is 4.79 Å². The summed E-state index contributed by atoms with van der Waals surface area (Å²) in [7, 11) is 0. The number of carbonyl (C=O) groups is 2. The van der Waals surface area contributed by atoms with Crippen LogP contribution in [0, 0.1) is 0 Å². The number of amides is 1. The lowest BCUT2D eigenvalue weighted by atomic mass is 9.94. The normalized spacial score (nSPS) is 27.0. The quantitative estimate of drug-likeness (QED) is 0.691. The van der Waals surface area contributed by atoms with E-state index in [2.05, 4.69) is 0 Å². The van der Waals surface area contributed by atoms with Crippen LogP contribution in [0.2, 0.25) is 0 Å². The molecule has 1 aliphatic heterocycles. The van der Waals surface area contributed by atoms with Crippen LogP contribution < -0.4 is 0 Å². The Balaban J connectivity index is 2.77. The monoisotopic (exact) mass is 211 g/mol. The van der Waals surface area contributed by atoms with Crippen LogP contribution in [0.3, 0.4) is 0 Å². The first kappa shape index (κ1) is 10.8. The second-order valence-corrected chi connectivity index (χ2v) is 3.15. The Morgan fingerprint density at radius 2 is 1.93 bits per heavy atom. The van der Waals surface area contributed by atoms with Crippen LogP contribution >= 0.6 is 0 Å². The molecular weight excluding hydrogens is 203 g/mol. The van der Waals surface area contributed by atoms with Gasteiger partial charge in [-0.2, -0.15) is 13.2 Å².